The van der Waals surface area contributed by atoms with Gasteiger partial charge in [-0.25, -0.2) is 8.78 Å². The highest BCUT2D eigenvalue weighted by Gasteiger charge is 2.40. The van der Waals surface area contributed by atoms with E-state index < -0.39 is 67.1 Å². The van der Waals surface area contributed by atoms with Gasteiger partial charge in [-0.05, 0) is 30.7 Å². The largest absolute Gasteiger partial charge is 0.480 e. The third kappa shape index (κ3) is 13.6. The van der Waals surface area contributed by atoms with Crippen molar-refractivity contribution in [1.29, 1.82) is 0 Å². The van der Waals surface area contributed by atoms with Gasteiger partial charge in [0, 0.05) is 115 Å². The molecule has 0 aliphatic carbocycles. The van der Waals surface area contributed by atoms with Crippen molar-refractivity contribution >= 4 is 64.0 Å². The number of alkyl halides is 2. The minimum Gasteiger partial charge on any atom is -0.480 e. The lowest BCUT2D eigenvalue weighted by atomic mass is 10.1. The van der Waals surface area contributed by atoms with Gasteiger partial charge in [0.05, 0.1) is 37.3 Å². The van der Waals surface area contributed by atoms with Gasteiger partial charge >= 0.3 is 17.9 Å². The average Bonchev–Trinajstić information content (AvgIpc) is 3.62. The number of amides is 5. The summed E-state index contributed by atoms with van der Waals surface area (Å²) in [4.78, 5) is 113. The Morgan fingerprint density at radius 3 is 1.85 bits per heavy atom. The fraction of sp³-hybridized carbons (Fsp3) is 0.564. The molecule has 3 saturated heterocycles. The number of fused-ring (bicyclic) bond motifs is 1. The van der Waals surface area contributed by atoms with Crippen LogP contribution in [0.5, 0.6) is 0 Å². The molecule has 1 aromatic heterocycles. The van der Waals surface area contributed by atoms with Crippen LogP contribution in [0.2, 0.25) is 0 Å². The molecule has 1 aromatic carbocycles. The summed E-state index contributed by atoms with van der Waals surface area (Å²) in [6.45, 7) is 0.453. The number of carboxylic acid groups (broad SMARTS) is 3. The first-order chi connectivity index (χ1) is 29.0. The molecule has 0 spiro atoms. The Morgan fingerprint density at radius 2 is 1.30 bits per heavy atom. The Kier molecular flexibility index (Phi) is 16.0. The molecule has 22 heteroatoms. The van der Waals surface area contributed by atoms with Crippen LogP contribution >= 0.6 is 0 Å². The Balaban J connectivity index is 1.07. The van der Waals surface area contributed by atoms with E-state index in [4.69, 9.17) is 0 Å². The number of aliphatic carboxylic acids is 3. The lowest BCUT2D eigenvalue weighted by Gasteiger charge is -2.35. The van der Waals surface area contributed by atoms with E-state index in [-0.39, 0.29) is 115 Å². The molecular formula is C39H51F2N9O11. The fourth-order valence-corrected chi connectivity index (χ4v) is 7.59. The minimum absolute atomic E-state index is 0.0336. The van der Waals surface area contributed by atoms with Crippen molar-refractivity contribution in [3.8, 4) is 0 Å². The lowest BCUT2D eigenvalue weighted by Crippen LogP contribution is -2.51. The van der Waals surface area contributed by atoms with Crippen molar-refractivity contribution in [2.45, 2.75) is 44.1 Å². The Bertz CT molecular complexity index is 1950. The summed E-state index contributed by atoms with van der Waals surface area (Å²) >= 11 is 0. The van der Waals surface area contributed by atoms with Crippen molar-refractivity contribution in [2.75, 3.05) is 103 Å². The number of carbonyl (C=O) groups excluding carboxylic acids is 5. The number of hydrogen-bond donors (Lipinski definition) is 5. The second kappa shape index (κ2) is 21.1. The van der Waals surface area contributed by atoms with Gasteiger partial charge in [0.2, 0.25) is 23.6 Å². The topological polar surface area (TPSA) is 254 Å². The molecule has 0 unspecified atom stereocenters. The van der Waals surface area contributed by atoms with E-state index in [0.717, 1.165) is 4.90 Å². The number of benzene rings is 1. The lowest BCUT2D eigenvalue weighted by molar-refractivity contribution is -0.145. The number of nitrogens with zero attached hydrogens (tertiary/aromatic N) is 7. The second-order valence-electron chi connectivity index (χ2n) is 15.3. The summed E-state index contributed by atoms with van der Waals surface area (Å²) in [5.41, 5.74) is 0.892. The minimum atomic E-state index is -2.96. The van der Waals surface area contributed by atoms with Crippen LogP contribution in [0.25, 0.3) is 10.9 Å². The number of halogens is 2. The van der Waals surface area contributed by atoms with Crippen LogP contribution in [-0.4, -0.2) is 207 Å². The second-order valence-corrected chi connectivity index (χ2v) is 15.3. The smallest absolute Gasteiger partial charge is 0.320 e. The third-order valence-corrected chi connectivity index (χ3v) is 11.0. The number of hydrogen-bond acceptors (Lipinski definition) is 12. The van der Waals surface area contributed by atoms with Gasteiger partial charge in [0.25, 0.3) is 11.8 Å². The normalized spacial score (nSPS) is 18.4. The monoisotopic (exact) mass is 859 g/mol. The number of likely N-dealkylation sites (tertiary alicyclic amines) is 1. The van der Waals surface area contributed by atoms with E-state index in [1.807, 2.05) is 0 Å². The number of anilines is 1. The molecule has 20 nitrogen and oxygen atoms in total. The Morgan fingerprint density at radius 1 is 0.705 bits per heavy atom. The standard InChI is InChI=1S/C39H51F2N9O11/c40-39(41)8-10-50(25-39)34(54)22-43-37(59)27-7-9-42-29-2-1-26(21-28(27)29)44-31(51)4-6-33(53)49-19-17-48(18-20-49)32(52)5-3-30(38(60)61)47-15-13-45(23-35(55)56)11-12-46(14-16-47)24-36(57)58/h1-2,7,9,21,30H,3-6,8,10-20,22-25H2,(H,43,59)(H,44,51)(H,55,56)(H,57,58)(H,60,61)/t30-/m1/s1. The van der Waals surface area contributed by atoms with Gasteiger partial charge in [-0.2, -0.15) is 0 Å². The number of rotatable bonds is 16. The molecule has 332 valence electrons. The van der Waals surface area contributed by atoms with Crippen molar-refractivity contribution in [3.05, 3.63) is 36.0 Å². The quantitative estimate of drug-likeness (QED) is 0.143. The Hall–Kier alpha value is -5.87. The highest BCUT2D eigenvalue weighted by atomic mass is 19.3. The first-order valence-corrected chi connectivity index (χ1v) is 20.0. The number of pyridine rings is 1. The number of nitrogens with one attached hydrogen (secondary N) is 2. The van der Waals surface area contributed by atoms with Crippen LogP contribution in [0.3, 0.4) is 0 Å². The van der Waals surface area contributed by atoms with E-state index in [9.17, 15) is 62.5 Å². The van der Waals surface area contributed by atoms with Gasteiger partial charge in [-0.3, -0.25) is 58.0 Å². The number of piperazine rings is 1. The number of carbonyl (C=O) groups is 8. The molecule has 61 heavy (non-hydrogen) atoms. The van der Waals surface area contributed by atoms with Crippen LogP contribution < -0.4 is 10.6 Å². The SMILES string of the molecule is O=C(O)CN1CCN(CC(=O)O)CCN([C@H](CCC(=O)N2CCN(C(=O)CCC(=O)Nc3ccc4nccc(C(=O)NCC(=O)N5CCC(F)(F)C5)c4c3)CC2)C(=O)O)CC1. The summed E-state index contributed by atoms with van der Waals surface area (Å²) in [6, 6.07) is 5.03. The Labute approximate surface area is 349 Å². The zero-order chi connectivity index (χ0) is 44.3. The predicted molar refractivity (Wildman–Crippen MR) is 212 cm³/mol. The first kappa shape index (κ1) is 46.2. The third-order valence-electron chi connectivity index (χ3n) is 11.0. The molecule has 3 fully saturated rings. The summed E-state index contributed by atoms with van der Waals surface area (Å²) in [5.74, 6) is -8.58. The molecule has 0 saturated carbocycles. The van der Waals surface area contributed by atoms with E-state index in [2.05, 4.69) is 15.6 Å². The van der Waals surface area contributed by atoms with E-state index in [0.29, 0.717) is 29.7 Å². The predicted octanol–water partition coefficient (Wildman–Crippen LogP) is -0.456. The molecule has 5 N–H and O–H groups in total. The van der Waals surface area contributed by atoms with Crippen molar-refractivity contribution in [1.82, 2.24) is 39.7 Å². The molecular weight excluding hydrogens is 808 g/mol. The maximum atomic E-state index is 13.5. The number of aromatic nitrogens is 1. The van der Waals surface area contributed by atoms with Gasteiger partial charge in [-0.15, -0.1) is 0 Å². The van der Waals surface area contributed by atoms with Gasteiger partial charge in [0.1, 0.15) is 6.04 Å². The molecule has 0 radical (unpaired) electrons. The van der Waals surface area contributed by atoms with Crippen LogP contribution in [-0.2, 0) is 33.6 Å². The molecule has 0 bridgehead atoms. The van der Waals surface area contributed by atoms with Crippen molar-refractivity contribution in [2.24, 2.45) is 0 Å². The molecule has 5 amide bonds. The summed E-state index contributed by atoms with van der Waals surface area (Å²) < 4.78 is 27.0. The van der Waals surface area contributed by atoms with Crippen LogP contribution in [0.4, 0.5) is 14.5 Å². The van der Waals surface area contributed by atoms with Gasteiger partial charge < -0.3 is 40.7 Å². The molecule has 4 heterocycles. The van der Waals surface area contributed by atoms with Gasteiger partial charge in [-0.1, -0.05) is 0 Å². The summed E-state index contributed by atoms with van der Waals surface area (Å²) in [5, 5.41) is 34.3. The average molecular weight is 860 g/mol. The number of carboxylic acids is 3. The van der Waals surface area contributed by atoms with Crippen molar-refractivity contribution < 1.29 is 62.5 Å². The fourth-order valence-electron chi connectivity index (χ4n) is 7.59. The molecule has 3 aliphatic heterocycles. The molecule has 5 rings (SSSR count). The molecule has 1 atom stereocenters. The van der Waals surface area contributed by atoms with E-state index >= 15 is 0 Å². The van der Waals surface area contributed by atoms with Crippen LogP contribution in [0.1, 0.15) is 42.5 Å². The van der Waals surface area contributed by atoms with Gasteiger partial charge in [0.15, 0.2) is 0 Å². The van der Waals surface area contributed by atoms with E-state index in [1.165, 1.54) is 18.3 Å². The zero-order valence-electron chi connectivity index (χ0n) is 33.6. The zero-order valence-corrected chi connectivity index (χ0v) is 33.6. The summed E-state index contributed by atoms with van der Waals surface area (Å²) in [7, 11) is 0. The van der Waals surface area contributed by atoms with Crippen LogP contribution in [0.15, 0.2) is 30.5 Å². The first-order valence-electron chi connectivity index (χ1n) is 20.0. The van der Waals surface area contributed by atoms with E-state index in [1.54, 1.807) is 36.6 Å². The maximum absolute atomic E-state index is 13.5. The van der Waals surface area contributed by atoms with Crippen LogP contribution in [0, 0.1) is 0 Å². The summed E-state index contributed by atoms with van der Waals surface area (Å²) in [6.07, 6.45) is 0.544. The highest BCUT2D eigenvalue weighted by Crippen LogP contribution is 2.27. The molecule has 2 aromatic rings. The van der Waals surface area contributed by atoms with Crippen molar-refractivity contribution in [3.63, 3.8) is 0 Å². The highest BCUT2D eigenvalue weighted by molar-refractivity contribution is 6.08. The molecule has 3 aliphatic rings. The maximum Gasteiger partial charge on any atom is 0.320 e.